The molecule has 1 unspecified atom stereocenters. The summed E-state index contributed by atoms with van der Waals surface area (Å²) < 4.78 is 5.09. The molecule has 74 valence electrons. The summed E-state index contributed by atoms with van der Waals surface area (Å²) in [5.74, 6) is 2.03. The van der Waals surface area contributed by atoms with Crippen LogP contribution in [0.4, 0.5) is 0 Å². The van der Waals surface area contributed by atoms with Crippen LogP contribution in [-0.2, 0) is 6.42 Å². The van der Waals surface area contributed by atoms with Crippen molar-refractivity contribution in [2.24, 2.45) is 5.92 Å². The van der Waals surface area contributed by atoms with Crippen molar-refractivity contribution < 1.29 is 4.52 Å². The van der Waals surface area contributed by atoms with Gasteiger partial charge in [0.2, 0.25) is 5.89 Å². The Morgan fingerprint density at radius 3 is 2.62 bits per heavy atom. The van der Waals surface area contributed by atoms with Crippen LogP contribution in [0.15, 0.2) is 4.52 Å². The van der Waals surface area contributed by atoms with Gasteiger partial charge in [0.1, 0.15) is 0 Å². The van der Waals surface area contributed by atoms with Gasteiger partial charge in [-0.25, -0.2) is 0 Å². The molecule has 13 heavy (non-hydrogen) atoms. The van der Waals surface area contributed by atoms with Gasteiger partial charge in [-0.15, -0.1) is 0 Å². The van der Waals surface area contributed by atoms with E-state index < -0.39 is 0 Å². The maximum atomic E-state index is 5.09. The molecule has 0 bridgehead atoms. The largest absolute Gasteiger partial charge is 0.338 e. The summed E-state index contributed by atoms with van der Waals surface area (Å²) in [4.78, 5) is 4.28. The van der Waals surface area contributed by atoms with Crippen LogP contribution in [0.3, 0.4) is 0 Å². The van der Waals surface area contributed by atoms with Gasteiger partial charge in [-0.2, -0.15) is 4.98 Å². The molecule has 1 atom stereocenters. The van der Waals surface area contributed by atoms with Crippen LogP contribution in [0.5, 0.6) is 0 Å². The van der Waals surface area contributed by atoms with Crippen molar-refractivity contribution in [1.29, 1.82) is 0 Å². The van der Waals surface area contributed by atoms with Crippen LogP contribution in [0.25, 0.3) is 0 Å². The minimum Gasteiger partial charge on any atom is -0.338 e. The Bertz CT molecular complexity index is 257. The molecule has 1 N–H and O–H groups in total. The third-order valence-electron chi connectivity index (χ3n) is 1.88. The van der Waals surface area contributed by atoms with Crippen LogP contribution in [0.2, 0.25) is 0 Å². The fraction of sp³-hybridized carbons (Fsp3) is 0.778. The lowest BCUT2D eigenvalue weighted by atomic mass is 10.1. The standard InChI is InChI=1S/C9H17N3O/c1-6(2)5-8-11-9(13-12-8)7(3)10-4/h6-7,10H,5H2,1-4H3. The Morgan fingerprint density at radius 2 is 2.08 bits per heavy atom. The molecule has 0 saturated carbocycles. The van der Waals surface area contributed by atoms with Gasteiger partial charge in [0, 0.05) is 6.42 Å². The molecule has 4 heteroatoms. The third-order valence-corrected chi connectivity index (χ3v) is 1.88. The molecule has 0 spiro atoms. The van der Waals surface area contributed by atoms with Crippen molar-refractivity contribution in [3.05, 3.63) is 11.7 Å². The lowest BCUT2D eigenvalue weighted by molar-refractivity contribution is 0.342. The Hall–Kier alpha value is -0.900. The van der Waals surface area contributed by atoms with Gasteiger partial charge in [0.05, 0.1) is 6.04 Å². The number of nitrogens with one attached hydrogen (secondary N) is 1. The van der Waals surface area contributed by atoms with E-state index in [0.29, 0.717) is 11.8 Å². The Morgan fingerprint density at radius 1 is 1.38 bits per heavy atom. The molecule has 1 aromatic rings. The van der Waals surface area contributed by atoms with Crippen LogP contribution in [-0.4, -0.2) is 17.2 Å². The van der Waals surface area contributed by atoms with Crippen molar-refractivity contribution in [2.45, 2.75) is 33.2 Å². The predicted octanol–water partition coefficient (Wildman–Crippen LogP) is 1.55. The van der Waals surface area contributed by atoms with Crippen molar-refractivity contribution in [3.63, 3.8) is 0 Å². The van der Waals surface area contributed by atoms with Crippen molar-refractivity contribution in [3.8, 4) is 0 Å². The second-order valence-corrected chi connectivity index (χ2v) is 3.66. The van der Waals surface area contributed by atoms with Gasteiger partial charge in [-0.1, -0.05) is 19.0 Å². The van der Waals surface area contributed by atoms with E-state index in [1.807, 2.05) is 14.0 Å². The fourth-order valence-corrected chi connectivity index (χ4v) is 1.01. The molecule has 0 radical (unpaired) electrons. The van der Waals surface area contributed by atoms with E-state index in [4.69, 9.17) is 4.52 Å². The molecular weight excluding hydrogens is 166 g/mol. The first-order chi connectivity index (χ1) is 6.13. The smallest absolute Gasteiger partial charge is 0.243 e. The van der Waals surface area contributed by atoms with E-state index in [1.54, 1.807) is 0 Å². The van der Waals surface area contributed by atoms with E-state index in [0.717, 1.165) is 12.2 Å². The van der Waals surface area contributed by atoms with E-state index >= 15 is 0 Å². The molecule has 4 nitrogen and oxygen atoms in total. The Balaban J connectivity index is 2.63. The molecule has 0 aliphatic heterocycles. The molecule has 1 heterocycles. The van der Waals surface area contributed by atoms with E-state index in [2.05, 4.69) is 29.3 Å². The van der Waals surface area contributed by atoms with Crippen molar-refractivity contribution in [1.82, 2.24) is 15.5 Å². The second-order valence-electron chi connectivity index (χ2n) is 3.66. The van der Waals surface area contributed by atoms with E-state index in [9.17, 15) is 0 Å². The molecule has 0 amide bonds. The minimum atomic E-state index is 0.133. The van der Waals surface area contributed by atoms with E-state index in [1.165, 1.54) is 0 Å². The molecule has 1 aromatic heterocycles. The normalized spacial score (nSPS) is 13.6. The van der Waals surface area contributed by atoms with Crippen LogP contribution in [0, 0.1) is 5.92 Å². The van der Waals surface area contributed by atoms with Gasteiger partial charge in [-0.05, 0) is 19.9 Å². The highest BCUT2D eigenvalue weighted by molar-refractivity contribution is 4.91. The first-order valence-corrected chi connectivity index (χ1v) is 4.63. The van der Waals surface area contributed by atoms with Gasteiger partial charge < -0.3 is 9.84 Å². The number of aromatic nitrogens is 2. The fourth-order valence-electron chi connectivity index (χ4n) is 1.01. The number of nitrogens with zero attached hydrogens (tertiary/aromatic N) is 2. The quantitative estimate of drug-likeness (QED) is 0.769. The van der Waals surface area contributed by atoms with Gasteiger partial charge in [0.15, 0.2) is 5.82 Å². The average Bonchev–Trinajstić information content (AvgIpc) is 2.50. The first kappa shape index (κ1) is 10.2. The van der Waals surface area contributed by atoms with Gasteiger partial charge in [0.25, 0.3) is 0 Å². The molecular formula is C9H17N3O. The highest BCUT2D eigenvalue weighted by Crippen LogP contribution is 2.10. The second kappa shape index (κ2) is 4.37. The van der Waals surface area contributed by atoms with Gasteiger partial charge >= 0.3 is 0 Å². The third kappa shape index (κ3) is 2.81. The molecule has 0 aliphatic carbocycles. The Kier molecular flexibility index (Phi) is 3.42. The number of rotatable bonds is 4. The highest BCUT2D eigenvalue weighted by Gasteiger charge is 2.12. The maximum absolute atomic E-state index is 5.09. The summed E-state index contributed by atoms with van der Waals surface area (Å²) in [5.41, 5.74) is 0. The lowest BCUT2D eigenvalue weighted by Gasteiger charge is -2.01. The molecule has 1 rings (SSSR count). The minimum absolute atomic E-state index is 0.133. The maximum Gasteiger partial charge on any atom is 0.243 e. The summed E-state index contributed by atoms with van der Waals surface area (Å²) in [7, 11) is 1.87. The SMILES string of the molecule is CNC(C)c1nc(CC(C)C)no1. The summed E-state index contributed by atoms with van der Waals surface area (Å²) in [6.07, 6.45) is 0.875. The lowest BCUT2D eigenvalue weighted by Crippen LogP contribution is -2.12. The zero-order valence-electron chi connectivity index (χ0n) is 8.66. The molecule has 0 saturated heterocycles. The van der Waals surface area contributed by atoms with Gasteiger partial charge in [-0.3, -0.25) is 0 Å². The van der Waals surface area contributed by atoms with Crippen LogP contribution in [0.1, 0.15) is 38.5 Å². The predicted molar refractivity (Wildman–Crippen MR) is 50.3 cm³/mol. The topological polar surface area (TPSA) is 51.0 Å². The molecule has 0 fully saturated rings. The summed E-state index contributed by atoms with van der Waals surface area (Å²) >= 11 is 0. The Labute approximate surface area is 78.7 Å². The van der Waals surface area contributed by atoms with Crippen molar-refractivity contribution in [2.75, 3.05) is 7.05 Å². The summed E-state index contributed by atoms with van der Waals surface area (Å²) in [5, 5.41) is 6.95. The highest BCUT2D eigenvalue weighted by atomic mass is 16.5. The number of hydrogen-bond donors (Lipinski definition) is 1. The zero-order valence-corrected chi connectivity index (χ0v) is 8.66. The zero-order chi connectivity index (χ0) is 9.84. The summed E-state index contributed by atoms with van der Waals surface area (Å²) in [6.45, 7) is 6.27. The first-order valence-electron chi connectivity index (χ1n) is 4.63. The van der Waals surface area contributed by atoms with Crippen molar-refractivity contribution >= 4 is 0 Å². The van der Waals surface area contributed by atoms with Crippen LogP contribution >= 0.6 is 0 Å². The number of hydrogen-bond acceptors (Lipinski definition) is 4. The average molecular weight is 183 g/mol. The molecule has 0 aromatic carbocycles. The van der Waals surface area contributed by atoms with Crippen LogP contribution < -0.4 is 5.32 Å². The molecule has 0 aliphatic rings. The van der Waals surface area contributed by atoms with E-state index in [-0.39, 0.29) is 6.04 Å². The monoisotopic (exact) mass is 183 g/mol. The summed E-state index contributed by atoms with van der Waals surface area (Å²) in [6, 6.07) is 0.133.